The maximum atomic E-state index is 13.0. The number of nitrogens with zero attached hydrogens (tertiary/aromatic N) is 3. The molecule has 0 saturated carbocycles. The third-order valence-electron chi connectivity index (χ3n) is 3.73. The van der Waals surface area contributed by atoms with Crippen molar-refractivity contribution in [2.24, 2.45) is 0 Å². The molecule has 0 atom stereocenters. The summed E-state index contributed by atoms with van der Waals surface area (Å²) in [5.74, 6) is -0.489. The van der Waals surface area contributed by atoms with Crippen LogP contribution in [0.25, 0.3) is 5.69 Å². The van der Waals surface area contributed by atoms with Crippen molar-refractivity contribution >= 4 is 17.3 Å². The van der Waals surface area contributed by atoms with E-state index in [0.29, 0.717) is 0 Å². The van der Waals surface area contributed by atoms with Crippen LogP contribution in [0.5, 0.6) is 0 Å². The van der Waals surface area contributed by atoms with E-state index < -0.39 is 17.6 Å². The topological polar surface area (TPSA) is 71.8 Å². The van der Waals surface area contributed by atoms with Gasteiger partial charge in [0.15, 0.2) is 0 Å². The van der Waals surface area contributed by atoms with Crippen LogP contribution in [0.2, 0.25) is 0 Å². The summed E-state index contributed by atoms with van der Waals surface area (Å²) in [5.41, 5.74) is 1.17. The second-order valence-electron chi connectivity index (χ2n) is 5.84. The van der Waals surface area contributed by atoms with Gasteiger partial charge in [-0.25, -0.2) is 9.67 Å². The Labute approximate surface area is 153 Å². The predicted molar refractivity (Wildman–Crippen MR) is 94.7 cm³/mol. The lowest BCUT2D eigenvalue weighted by Crippen LogP contribution is -2.23. The van der Waals surface area contributed by atoms with E-state index >= 15 is 0 Å². The van der Waals surface area contributed by atoms with Crippen molar-refractivity contribution in [2.45, 2.75) is 13.1 Å². The van der Waals surface area contributed by atoms with Gasteiger partial charge in [0.1, 0.15) is 12.7 Å². The molecule has 0 unspecified atom stereocenters. The number of anilines is 2. The average Bonchev–Trinajstić information content (AvgIpc) is 3.13. The number of amides is 1. The highest BCUT2D eigenvalue weighted by atomic mass is 19.4. The fraction of sp³-hybridized carbons (Fsp3) is 0.167. The van der Waals surface area contributed by atoms with Gasteiger partial charge in [0.05, 0.1) is 23.5 Å². The number of alkyl halides is 3. The predicted octanol–water partition coefficient (Wildman–Crippen LogP) is 3.65. The van der Waals surface area contributed by atoms with Crippen molar-refractivity contribution in [3.8, 4) is 5.69 Å². The molecule has 2 aromatic carbocycles. The van der Waals surface area contributed by atoms with Gasteiger partial charge in [0.2, 0.25) is 5.91 Å². The quantitative estimate of drug-likeness (QED) is 0.714. The van der Waals surface area contributed by atoms with Crippen molar-refractivity contribution < 1.29 is 18.0 Å². The first-order valence-electron chi connectivity index (χ1n) is 7.99. The van der Waals surface area contributed by atoms with Gasteiger partial charge in [-0.2, -0.15) is 18.3 Å². The van der Waals surface area contributed by atoms with Gasteiger partial charge in [0.25, 0.3) is 0 Å². The Balaban J connectivity index is 1.80. The number of hydrogen-bond acceptors (Lipinski definition) is 4. The molecule has 2 N–H and O–H groups in total. The summed E-state index contributed by atoms with van der Waals surface area (Å²) < 4.78 is 40.4. The van der Waals surface area contributed by atoms with Gasteiger partial charge >= 0.3 is 6.18 Å². The number of aromatic nitrogens is 3. The normalized spacial score (nSPS) is 11.3. The van der Waals surface area contributed by atoms with E-state index in [2.05, 4.69) is 20.7 Å². The molecule has 0 bridgehead atoms. The standard InChI is InChI=1S/C18H16F3N5O/c1-12-3-2-4-14(7-12)23-9-17(27)25-15-8-13(18(19,20)21)5-6-16(15)26-11-22-10-24-26/h2-8,10-11,23H,9H2,1H3,(H,25,27). The molecule has 27 heavy (non-hydrogen) atoms. The smallest absolute Gasteiger partial charge is 0.376 e. The number of halogens is 3. The molecule has 3 aromatic rings. The Bertz CT molecular complexity index is 938. The van der Waals surface area contributed by atoms with E-state index in [9.17, 15) is 18.0 Å². The lowest BCUT2D eigenvalue weighted by molar-refractivity contribution is -0.137. The molecule has 3 rings (SSSR count). The number of hydrogen-bond donors (Lipinski definition) is 2. The summed E-state index contributed by atoms with van der Waals surface area (Å²) in [5, 5.41) is 9.35. The first kappa shape index (κ1) is 18.4. The zero-order valence-corrected chi connectivity index (χ0v) is 14.3. The minimum Gasteiger partial charge on any atom is -0.376 e. The third kappa shape index (κ3) is 4.63. The molecule has 0 spiro atoms. The fourth-order valence-corrected chi connectivity index (χ4v) is 2.48. The molecule has 0 saturated heterocycles. The average molecular weight is 375 g/mol. The van der Waals surface area contributed by atoms with Crippen molar-refractivity contribution in [3.63, 3.8) is 0 Å². The number of rotatable bonds is 5. The molecule has 1 heterocycles. The number of benzene rings is 2. The van der Waals surface area contributed by atoms with E-state index in [0.717, 1.165) is 23.4 Å². The molecule has 1 amide bonds. The summed E-state index contributed by atoms with van der Waals surface area (Å²) in [6.45, 7) is 1.81. The van der Waals surface area contributed by atoms with Crippen molar-refractivity contribution in [1.29, 1.82) is 0 Å². The molecule has 0 aliphatic rings. The van der Waals surface area contributed by atoms with Crippen LogP contribution in [-0.2, 0) is 11.0 Å². The monoisotopic (exact) mass is 375 g/mol. The lowest BCUT2D eigenvalue weighted by Gasteiger charge is -2.15. The Hall–Kier alpha value is -3.36. The maximum Gasteiger partial charge on any atom is 0.416 e. The van der Waals surface area contributed by atoms with Crippen LogP contribution < -0.4 is 10.6 Å². The summed E-state index contributed by atoms with van der Waals surface area (Å²) in [6, 6.07) is 10.5. The van der Waals surface area contributed by atoms with Crippen molar-refractivity contribution in [1.82, 2.24) is 14.8 Å². The van der Waals surface area contributed by atoms with Crippen LogP contribution in [0.1, 0.15) is 11.1 Å². The first-order valence-corrected chi connectivity index (χ1v) is 7.99. The molecule has 140 valence electrons. The molecule has 6 nitrogen and oxygen atoms in total. The van der Waals surface area contributed by atoms with E-state index in [-0.39, 0.29) is 17.9 Å². The Morgan fingerprint density at radius 2 is 2.00 bits per heavy atom. The highest BCUT2D eigenvalue weighted by Gasteiger charge is 2.31. The number of nitrogens with one attached hydrogen (secondary N) is 2. The van der Waals surface area contributed by atoms with E-state index in [4.69, 9.17) is 0 Å². The van der Waals surface area contributed by atoms with Gasteiger partial charge in [-0.3, -0.25) is 4.79 Å². The van der Waals surface area contributed by atoms with Crippen LogP contribution in [0.4, 0.5) is 24.5 Å². The molecule has 0 aliphatic heterocycles. The number of carbonyl (C=O) groups is 1. The van der Waals surface area contributed by atoms with Crippen LogP contribution >= 0.6 is 0 Å². The first-order chi connectivity index (χ1) is 12.8. The van der Waals surface area contributed by atoms with Crippen molar-refractivity contribution in [3.05, 3.63) is 66.2 Å². The largest absolute Gasteiger partial charge is 0.416 e. The van der Waals surface area contributed by atoms with E-state index in [1.54, 1.807) is 6.07 Å². The Morgan fingerprint density at radius 3 is 2.67 bits per heavy atom. The van der Waals surface area contributed by atoms with Crippen LogP contribution in [0.15, 0.2) is 55.1 Å². The molecule has 9 heteroatoms. The molecule has 0 radical (unpaired) electrons. The zero-order chi connectivity index (χ0) is 19.4. The summed E-state index contributed by atoms with van der Waals surface area (Å²) in [6.07, 6.45) is -1.94. The van der Waals surface area contributed by atoms with Crippen LogP contribution in [-0.4, -0.2) is 27.2 Å². The van der Waals surface area contributed by atoms with Gasteiger partial charge in [0, 0.05) is 5.69 Å². The number of carbonyl (C=O) groups excluding carboxylic acids is 1. The zero-order valence-electron chi connectivity index (χ0n) is 14.3. The summed E-state index contributed by atoms with van der Waals surface area (Å²) in [7, 11) is 0. The summed E-state index contributed by atoms with van der Waals surface area (Å²) in [4.78, 5) is 16.0. The van der Waals surface area contributed by atoms with Crippen LogP contribution in [0, 0.1) is 6.92 Å². The van der Waals surface area contributed by atoms with Crippen LogP contribution in [0.3, 0.4) is 0 Å². The van der Waals surface area contributed by atoms with E-state index in [1.807, 2.05) is 25.1 Å². The second-order valence-corrected chi connectivity index (χ2v) is 5.84. The highest BCUT2D eigenvalue weighted by molar-refractivity contribution is 5.95. The molecule has 0 fully saturated rings. The minimum absolute atomic E-state index is 0.00799. The van der Waals surface area contributed by atoms with E-state index in [1.165, 1.54) is 23.4 Å². The second kappa shape index (κ2) is 7.48. The Morgan fingerprint density at radius 1 is 1.19 bits per heavy atom. The van der Waals surface area contributed by atoms with Gasteiger partial charge in [-0.1, -0.05) is 12.1 Å². The number of aryl methyl sites for hydroxylation is 1. The fourth-order valence-electron chi connectivity index (χ4n) is 2.48. The summed E-state index contributed by atoms with van der Waals surface area (Å²) >= 11 is 0. The molecule has 0 aliphatic carbocycles. The Kier molecular flexibility index (Phi) is 5.11. The molecule has 1 aromatic heterocycles. The maximum absolute atomic E-state index is 13.0. The van der Waals surface area contributed by atoms with Crippen molar-refractivity contribution in [2.75, 3.05) is 17.2 Å². The SMILES string of the molecule is Cc1cccc(NCC(=O)Nc2cc(C(F)(F)F)ccc2-n2cncn2)c1. The van der Waals surface area contributed by atoms with Gasteiger partial charge in [-0.05, 0) is 42.8 Å². The lowest BCUT2D eigenvalue weighted by atomic mass is 10.1. The van der Waals surface area contributed by atoms with Gasteiger partial charge in [-0.15, -0.1) is 0 Å². The van der Waals surface area contributed by atoms with Gasteiger partial charge < -0.3 is 10.6 Å². The highest BCUT2D eigenvalue weighted by Crippen LogP contribution is 2.33. The minimum atomic E-state index is -4.53. The third-order valence-corrected chi connectivity index (χ3v) is 3.73. The molecular weight excluding hydrogens is 359 g/mol. The molecular formula is C18H16F3N5O.